The molecule has 4 rings (SSSR count). The van der Waals surface area contributed by atoms with Crippen LogP contribution in [0.1, 0.15) is 17.0 Å². The van der Waals surface area contributed by atoms with Crippen LogP contribution >= 0.6 is 0 Å². The van der Waals surface area contributed by atoms with Crippen LogP contribution in [-0.2, 0) is 17.8 Å². The molecule has 1 fully saturated rings. The van der Waals surface area contributed by atoms with Gasteiger partial charge in [0.05, 0.1) is 19.8 Å². The van der Waals surface area contributed by atoms with Gasteiger partial charge < -0.3 is 23.9 Å². The number of hydrogen-bond donors (Lipinski definition) is 1. The Morgan fingerprint density at radius 1 is 1.09 bits per heavy atom. The molecule has 0 amide bonds. The average molecular weight is 452 g/mol. The van der Waals surface area contributed by atoms with E-state index in [4.69, 9.17) is 14.2 Å². The topological polar surface area (TPSA) is 69.0 Å². The highest BCUT2D eigenvalue weighted by Crippen LogP contribution is 2.20. The maximum absolute atomic E-state index is 11.2. The van der Waals surface area contributed by atoms with Gasteiger partial charge in [0, 0.05) is 32.0 Å². The zero-order valence-electron chi connectivity index (χ0n) is 19.4. The van der Waals surface area contributed by atoms with Gasteiger partial charge in [-0.3, -0.25) is 4.90 Å². The van der Waals surface area contributed by atoms with Gasteiger partial charge in [0.25, 0.3) is 0 Å². The van der Waals surface area contributed by atoms with Gasteiger partial charge in [-0.05, 0) is 43.7 Å². The highest BCUT2D eigenvalue weighted by molar-refractivity contribution is 5.29. The van der Waals surface area contributed by atoms with Crippen LogP contribution in [-0.4, -0.2) is 64.7 Å². The van der Waals surface area contributed by atoms with Crippen LogP contribution in [0.3, 0.4) is 0 Å². The van der Waals surface area contributed by atoms with Crippen molar-refractivity contribution < 1.29 is 19.3 Å². The van der Waals surface area contributed by atoms with Gasteiger partial charge in [0.15, 0.2) is 0 Å². The number of imidazole rings is 1. The lowest BCUT2D eigenvalue weighted by atomic mass is 10.1. The highest BCUT2D eigenvalue weighted by Gasteiger charge is 2.33. The summed E-state index contributed by atoms with van der Waals surface area (Å²) in [5.74, 6) is 2.57. The number of nitrogens with zero attached hydrogens (tertiary/aromatic N) is 3. The van der Waals surface area contributed by atoms with E-state index >= 15 is 0 Å². The molecule has 2 heterocycles. The van der Waals surface area contributed by atoms with Gasteiger partial charge in [-0.2, -0.15) is 0 Å². The summed E-state index contributed by atoms with van der Waals surface area (Å²) in [6.07, 6.45) is 3.76. The van der Waals surface area contributed by atoms with Crippen molar-refractivity contribution in [2.45, 2.75) is 32.5 Å². The summed E-state index contributed by atoms with van der Waals surface area (Å²) in [5, 5.41) is 11.2. The fraction of sp³-hybridized carbons (Fsp3) is 0.423. The first kappa shape index (κ1) is 23.3. The van der Waals surface area contributed by atoms with Crippen LogP contribution in [0.25, 0.3) is 0 Å². The van der Waals surface area contributed by atoms with Gasteiger partial charge in [-0.15, -0.1) is 0 Å². The minimum Gasteiger partial charge on any atom is -0.492 e. The predicted molar refractivity (Wildman–Crippen MR) is 127 cm³/mol. The van der Waals surface area contributed by atoms with Crippen molar-refractivity contribution in [2.75, 3.05) is 39.5 Å². The molecule has 33 heavy (non-hydrogen) atoms. The van der Waals surface area contributed by atoms with Crippen molar-refractivity contribution in [3.05, 3.63) is 77.9 Å². The quantitative estimate of drug-likeness (QED) is 0.539. The van der Waals surface area contributed by atoms with E-state index in [9.17, 15) is 5.11 Å². The summed E-state index contributed by atoms with van der Waals surface area (Å²) in [6.45, 7) is 8.30. The van der Waals surface area contributed by atoms with Crippen LogP contribution in [0, 0.1) is 13.8 Å². The van der Waals surface area contributed by atoms with Crippen molar-refractivity contribution in [1.29, 1.82) is 0 Å². The van der Waals surface area contributed by atoms with E-state index in [0.717, 1.165) is 36.0 Å². The van der Waals surface area contributed by atoms with E-state index in [2.05, 4.69) is 26.6 Å². The largest absolute Gasteiger partial charge is 0.492 e. The minimum atomic E-state index is -1.07. The molecule has 0 radical (unpaired) electrons. The van der Waals surface area contributed by atoms with Gasteiger partial charge in [-0.25, -0.2) is 4.98 Å². The Balaban J connectivity index is 1.32. The fourth-order valence-electron chi connectivity index (χ4n) is 3.96. The van der Waals surface area contributed by atoms with E-state index in [0.29, 0.717) is 26.3 Å². The smallest absolute Gasteiger partial charge is 0.134 e. The van der Waals surface area contributed by atoms with Crippen LogP contribution in [0.2, 0.25) is 0 Å². The number of aromatic nitrogens is 2. The van der Waals surface area contributed by atoms with E-state index < -0.39 is 5.60 Å². The molecule has 0 bridgehead atoms. The fourth-order valence-corrected chi connectivity index (χ4v) is 3.96. The number of ether oxygens (including phenoxy) is 3. The maximum atomic E-state index is 11.2. The van der Waals surface area contributed by atoms with Crippen molar-refractivity contribution in [3.8, 4) is 11.5 Å². The molecular formula is C26H33N3O4. The number of hydrogen-bond acceptors (Lipinski definition) is 6. The Bertz CT molecular complexity index is 1020. The maximum Gasteiger partial charge on any atom is 0.134 e. The lowest BCUT2D eigenvalue weighted by molar-refractivity contribution is -0.0646. The van der Waals surface area contributed by atoms with Crippen LogP contribution in [0.15, 0.2) is 60.9 Å². The van der Waals surface area contributed by atoms with Crippen molar-refractivity contribution in [2.24, 2.45) is 0 Å². The molecule has 1 saturated heterocycles. The molecular weight excluding hydrogens is 418 g/mol. The van der Waals surface area contributed by atoms with E-state index in [1.165, 1.54) is 5.56 Å². The second-order valence-electron chi connectivity index (χ2n) is 8.75. The zero-order chi connectivity index (χ0) is 23.1. The molecule has 1 aromatic heterocycles. The Kier molecular flexibility index (Phi) is 7.65. The number of rotatable bonds is 9. The molecule has 1 aliphatic rings. The lowest BCUT2D eigenvalue weighted by Gasteiger charge is -2.30. The molecule has 1 N–H and O–H groups in total. The molecule has 0 spiro atoms. The summed E-state index contributed by atoms with van der Waals surface area (Å²) in [5.41, 5.74) is 1.24. The van der Waals surface area contributed by atoms with Crippen LogP contribution in [0.4, 0.5) is 0 Å². The first-order valence-corrected chi connectivity index (χ1v) is 11.4. The molecule has 0 saturated carbocycles. The number of aryl methyl sites for hydroxylation is 2. The van der Waals surface area contributed by atoms with E-state index in [1.54, 1.807) is 6.20 Å². The summed E-state index contributed by atoms with van der Waals surface area (Å²) in [4.78, 5) is 6.44. The molecule has 7 nitrogen and oxygen atoms in total. The molecule has 1 aliphatic heterocycles. The summed E-state index contributed by atoms with van der Waals surface area (Å²) in [7, 11) is 0. The normalized spacial score (nSPS) is 19.2. The second kappa shape index (κ2) is 10.8. The monoisotopic (exact) mass is 451 g/mol. The van der Waals surface area contributed by atoms with Crippen LogP contribution < -0.4 is 9.47 Å². The summed E-state index contributed by atoms with van der Waals surface area (Å²) >= 11 is 0. The van der Waals surface area contributed by atoms with E-state index in [1.807, 2.05) is 56.4 Å². The molecule has 0 unspecified atom stereocenters. The molecule has 1 atom stereocenters. The third-order valence-corrected chi connectivity index (χ3v) is 5.80. The molecule has 7 heteroatoms. The molecule has 176 valence electrons. The van der Waals surface area contributed by atoms with Crippen molar-refractivity contribution >= 4 is 0 Å². The van der Waals surface area contributed by atoms with Gasteiger partial charge in [-0.1, -0.05) is 29.8 Å². The van der Waals surface area contributed by atoms with Gasteiger partial charge >= 0.3 is 0 Å². The Hall–Kier alpha value is -2.87. The second-order valence-corrected chi connectivity index (χ2v) is 8.75. The first-order valence-electron chi connectivity index (χ1n) is 11.4. The SMILES string of the molecule is Cc1ccc(OC[C@@]2(O)COCCN(Cc3cccc(OCCn4ccnc4C)c3)C2)cc1. The Labute approximate surface area is 195 Å². The zero-order valence-corrected chi connectivity index (χ0v) is 19.4. The standard InChI is InChI=1S/C26H33N3O4/c1-21-6-8-24(9-7-21)33-20-26(30)18-28(12-14-31-19-26)17-23-4-3-5-25(16-23)32-15-13-29-11-10-27-22(29)2/h3-11,16,30H,12-15,17-20H2,1-2H3/t26-/m0/s1. The predicted octanol–water partition coefficient (Wildman–Crippen LogP) is 3.22. The minimum absolute atomic E-state index is 0.184. The van der Waals surface area contributed by atoms with E-state index in [-0.39, 0.29) is 13.2 Å². The van der Waals surface area contributed by atoms with Crippen LogP contribution in [0.5, 0.6) is 11.5 Å². The number of aliphatic hydroxyl groups is 1. The summed E-state index contributed by atoms with van der Waals surface area (Å²) < 4.78 is 19.6. The number of β-amino-alcohol motifs (C(OH)–C–C–N with tert-alkyl or cyclic N) is 1. The Morgan fingerprint density at radius 3 is 2.73 bits per heavy atom. The van der Waals surface area contributed by atoms with Gasteiger partial charge in [0.1, 0.15) is 36.1 Å². The number of benzene rings is 2. The third kappa shape index (κ3) is 6.81. The van der Waals surface area contributed by atoms with Crippen molar-refractivity contribution in [3.63, 3.8) is 0 Å². The lowest BCUT2D eigenvalue weighted by Crippen LogP contribution is -2.48. The third-order valence-electron chi connectivity index (χ3n) is 5.80. The molecule has 0 aliphatic carbocycles. The average Bonchev–Trinajstić information content (AvgIpc) is 3.11. The summed E-state index contributed by atoms with van der Waals surface area (Å²) in [6, 6.07) is 16.0. The van der Waals surface area contributed by atoms with Crippen molar-refractivity contribution in [1.82, 2.24) is 14.5 Å². The van der Waals surface area contributed by atoms with Gasteiger partial charge in [0.2, 0.25) is 0 Å². The molecule has 3 aromatic rings. The highest BCUT2D eigenvalue weighted by atomic mass is 16.5. The molecule has 2 aromatic carbocycles. The Morgan fingerprint density at radius 2 is 1.94 bits per heavy atom. The first-order chi connectivity index (χ1) is 16.0.